The van der Waals surface area contributed by atoms with Crippen LogP contribution in [0.3, 0.4) is 0 Å². The summed E-state index contributed by atoms with van der Waals surface area (Å²) in [7, 11) is -3.80. The highest BCUT2D eigenvalue weighted by Gasteiger charge is 2.22. The van der Waals surface area contributed by atoms with Crippen molar-refractivity contribution < 1.29 is 13.2 Å². The minimum atomic E-state index is -3.80. The minimum Gasteiger partial charge on any atom is -0.319 e. The number of primary sulfonamides is 1. The highest BCUT2D eigenvalue weighted by molar-refractivity contribution is 8.00. The van der Waals surface area contributed by atoms with E-state index in [9.17, 15) is 13.2 Å². The Morgan fingerprint density at radius 2 is 1.93 bits per heavy atom. The third-order valence-electron chi connectivity index (χ3n) is 4.64. The van der Waals surface area contributed by atoms with Gasteiger partial charge in [-0.05, 0) is 57.5 Å². The Kier molecular flexibility index (Phi) is 5.65. The minimum absolute atomic E-state index is 0.0248. The van der Waals surface area contributed by atoms with Gasteiger partial charge < -0.3 is 4.57 Å². The van der Waals surface area contributed by atoms with Crippen LogP contribution in [0.5, 0.6) is 0 Å². The zero-order chi connectivity index (χ0) is 20.6. The molecule has 1 heterocycles. The molecule has 3 aromatic rings. The van der Waals surface area contributed by atoms with Gasteiger partial charge >= 0.3 is 0 Å². The number of thioether (sulfide) groups is 1. The molecule has 0 amide bonds. The number of carbonyl (C=O) groups is 1. The zero-order valence-electron chi connectivity index (χ0n) is 16.3. The van der Waals surface area contributed by atoms with E-state index >= 15 is 0 Å². The van der Waals surface area contributed by atoms with Gasteiger partial charge in [-0.3, -0.25) is 4.79 Å². The molecule has 1 atom stereocenters. The van der Waals surface area contributed by atoms with Gasteiger partial charge in [0.1, 0.15) is 0 Å². The molecule has 0 fully saturated rings. The topological polar surface area (TPSA) is 95.0 Å². The molecule has 6 nitrogen and oxygen atoms in total. The molecule has 0 bridgehead atoms. The molecule has 28 heavy (non-hydrogen) atoms. The highest BCUT2D eigenvalue weighted by atomic mass is 32.2. The lowest BCUT2D eigenvalue weighted by molar-refractivity contribution is 0.0993. The number of hydrogen-bond acceptors (Lipinski definition) is 5. The Morgan fingerprint density at radius 3 is 2.57 bits per heavy atom. The van der Waals surface area contributed by atoms with E-state index in [0.29, 0.717) is 17.2 Å². The van der Waals surface area contributed by atoms with E-state index in [1.54, 1.807) is 6.07 Å². The largest absolute Gasteiger partial charge is 0.319 e. The fourth-order valence-electron chi connectivity index (χ4n) is 3.09. The van der Waals surface area contributed by atoms with E-state index in [1.807, 2.05) is 50.5 Å². The predicted molar refractivity (Wildman–Crippen MR) is 112 cm³/mol. The Morgan fingerprint density at radius 1 is 1.21 bits per heavy atom. The molecule has 0 aliphatic heterocycles. The number of hydrogen-bond donors (Lipinski definition) is 1. The normalized spacial score (nSPS) is 13.0. The molecule has 0 spiro atoms. The second-order valence-electron chi connectivity index (χ2n) is 6.78. The van der Waals surface area contributed by atoms with Gasteiger partial charge in [0.15, 0.2) is 10.9 Å². The molecule has 148 valence electrons. The summed E-state index contributed by atoms with van der Waals surface area (Å²) in [6.07, 6.45) is 0. The van der Waals surface area contributed by atoms with E-state index in [4.69, 9.17) is 5.14 Å². The number of nitrogens with two attached hydrogens (primary N) is 1. The van der Waals surface area contributed by atoms with Crippen LogP contribution < -0.4 is 5.14 Å². The van der Waals surface area contributed by atoms with Gasteiger partial charge in [-0.25, -0.2) is 18.5 Å². The van der Waals surface area contributed by atoms with Crippen LogP contribution in [0.4, 0.5) is 0 Å². The quantitative estimate of drug-likeness (QED) is 0.488. The van der Waals surface area contributed by atoms with Crippen molar-refractivity contribution in [2.75, 3.05) is 0 Å². The van der Waals surface area contributed by atoms with Crippen molar-refractivity contribution in [3.8, 4) is 0 Å². The van der Waals surface area contributed by atoms with E-state index in [1.165, 1.54) is 23.9 Å². The number of aryl methyl sites for hydroxylation is 3. The lowest BCUT2D eigenvalue weighted by Gasteiger charge is -2.13. The Balaban J connectivity index is 1.96. The second kappa shape index (κ2) is 7.69. The lowest BCUT2D eigenvalue weighted by Crippen LogP contribution is -2.16. The monoisotopic (exact) mass is 417 g/mol. The van der Waals surface area contributed by atoms with E-state index in [0.717, 1.165) is 22.2 Å². The van der Waals surface area contributed by atoms with Crippen molar-refractivity contribution in [3.05, 3.63) is 53.1 Å². The molecule has 0 saturated carbocycles. The fraction of sp³-hybridized carbons (Fsp3) is 0.300. The van der Waals surface area contributed by atoms with Gasteiger partial charge in [-0.1, -0.05) is 29.5 Å². The summed E-state index contributed by atoms with van der Waals surface area (Å²) >= 11 is 1.37. The summed E-state index contributed by atoms with van der Waals surface area (Å²) in [5, 5.41) is 5.57. The number of rotatable bonds is 6. The third-order valence-corrected chi connectivity index (χ3v) is 6.64. The smallest absolute Gasteiger partial charge is 0.238 e. The first-order valence-electron chi connectivity index (χ1n) is 8.93. The molecule has 0 aliphatic carbocycles. The molecule has 1 aromatic heterocycles. The molecule has 0 aliphatic rings. The van der Waals surface area contributed by atoms with Crippen LogP contribution >= 0.6 is 11.8 Å². The molecule has 2 aromatic carbocycles. The van der Waals surface area contributed by atoms with Crippen LogP contribution in [0.25, 0.3) is 11.0 Å². The average molecular weight is 418 g/mol. The number of Topliss-reactive ketones (excluding diaryl/α,β-unsaturated/α-hetero) is 1. The molecule has 0 saturated heterocycles. The molecule has 8 heteroatoms. The number of carbonyl (C=O) groups excluding carboxylic acids is 1. The molecular weight excluding hydrogens is 394 g/mol. The van der Waals surface area contributed by atoms with E-state index in [-0.39, 0.29) is 15.9 Å². The number of ketones is 1. The van der Waals surface area contributed by atoms with Gasteiger partial charge in [-0.2, -0.15) is 0 Å². The van der Waals surface area contributed by atoms with Crippen molar-refractivity contribution in [3.63, 3.8) is 0 Å². The maximum absolute atomic E-state index is 13.0. The number of benzene rings is 2. The van der Waals surface area contributed by atoms with Crippen molar-refractivity contribution in [1.29, 1.82) is 0 Å². The van der Waals surface area contributed by atoms with Gasteiger partial charge in [0.25, 0.3) is 0 Å². The summed E-state index contributed by atoms with van der Waals surface area (Å²) in [5.74, 6) is 0.0473. The number of aromatic nitrogens is 2. The molecule has 0 unspecified atom stereocenters. The van der Waals surface area contributed by atoms with E-state index < -0.39 is 10.0 Å². The number of fused-ring (bicyclic) bond motifs is 1. The third kappa shape index (κ3) is 3.99. The maximum atomic E-state index is 13.0. The van der Waals surface area contributed by atoms with Gasteiger partial charge in [0, 0.05) is 12.1 Å². The van der Waals surface area contributed by atoms with Gasteiger partial charge in [0.05, 0.1) is 21.2 Å². The van der Waals surface area contributed by atoms with Gasteiger partial charge in [0.2, 0.25) is 10.0 Å². The highest BCUT2D eigenvalue weighted by Crippen LogP contribution is 2.30. The Hall–Kier alpha value is -2.16. The van der Waals surface area contributed by atoms with Crippen LogP contribution in [0.1, 0.15) is 35.3 Å². The standard InChI is InChI=1S/C20H23N3O3S2/c1-5-23-18-9-8-15(28(21,25)26)11-17(18)22-20(23)27-14(4)19(24)16-10-12(2)6-7-13(16)3/h6-11,14H,5H2,1-4H3,(H2,21,25,26)/t14-/m1/s1. The zero-order valence-corrected chi connectivity index (χ0v) is 17.9. The Bertz CT molecular complexity index is 1170. The van der Waals surface area contributed by atoms with Crippen LogP contribution in [0.2, 0.25) is 0 Å². The number of sulfonamides is 1. The predicted octanol–water partition coefficient (Wildman–Crippen LogP) is 3.68. The molecule has 2 N–H and O–H groups in total. The lowest BCUT2D eigenvalue weighted by atomic mass is 10.0. The molecule has 3 rings (SSSR count). The first kappa shape index (κ1) is 20.6. The summed E-state index contributed by atoms with van der Waals surface area (Å²) < 4.78 is 25.2. The summed E-state index contributed by atoms with van der Waals surface area (Å²) in [5.41, 5.74) is 4.06. The second-order valence-corrected chi connectivity index (χ2v) is 9.65. The molecular formula is C20H23N3O3S2. The molecule has 0 radical (unpaired) electrons. The van der Waals surface area contributed by atoms with Crippen molar-refractivity contribution in [2.24, 2.45) is 5.14 Å². The Labute approximate surface area is 169 Å². The maximum Gasteiger partial charge on any atom is 0.238 e. The average Bonchev–Trinajstić information content (AvgIpc) is 2.98. The first-order chi connectivity index (χ1) is 13.1. The van der Waals surface area contributed by atoms with Crippen LogP contribution in [0.15, 0.2) is 46.5 Å². The SMILES string of the molecule is CCn1c(S[C@H](C)C(=O)c2cc(C)ccc2C)nc2cc(S(N)(=O)=O)ccc21. The van der Waals surface area contributed by atoms with Crippen molar-refractivity contribution in [1.82, 2.24) is 9.55 Å². The van der Waals surface area contributed by atoms with Crippen LogP contribution in [-0.4, -0.2) is 29.0 Å². The summed E-state index contributed by atoms with van der Waals surface area (Å²) in [4.78, 5) is 17.6. The summed E-state index contributed by atoms with van der Waals surface area (Å²) in [6, 6.07) is 10.5. The van der Waals surface area contributed by atoms with Gasteiger partial charge in [-0.15, -0.1) is 0 Å². The van der Waals surface area contributed by atoms with Crippen molar-refractivity contribution in [2.45, 2.75) is 49.5 Å². The fourth-order valence-corrected chi connectivity index (χ4v) is 4.68. The van der Waals surface area contributed by atoms with Crippen LogP contribution in [-0.2, 0) is 16.6 Å². The number of imidazole rings is 1. The summed E-state index contributed by atoms with van der Waals surface area (Å²) in [6.45, 7) is 8.39. The van der Waals surface area contributed by atoms with Crippen LogP contribution in [0, 0.1) is 13.8 Å². The van der Waals surface area contributed by atoms with Crippen molar-refractivity contribution >= 4 is 38.6 Å². The first-order valence-corrected chi connectivity index (χ1v) is 11.4. The number of nitrogens with zero attached hydrogens (tertiary/aromatic N) is 2. The van der Waals surface area contributed by atoms with E-state index in [2.05, 4.69) is 4.98 Å².